The normalized spacial score (nSPS) is 40.0. The van der Waals surface area contributed by atoms with E-state index >= 15 is 0 Å². The Hall–Kier alpha value is -1.14. The number of aliphatic hydroxyl groups is 1. The smallest absolute Gasteiger partial charge is 0.249 e. The van der Waals surface area contributed by atoms with Crippen LogP contribution in [0.4, 0.5) is 0 Å². The quantitative estimate of drug-likeness (QED) is 0.796. The molecule has 2 aliphatic heterocycles. The first-order valence-corrected chi connectivity index (χ1v) is 9.06. The first-order chi connectivity index (χ1) is 11.1. The van der Waals surface area contributed by atoms with Crippen LogP contribution in [0.15, 0.2) is 0 Å². The van der Waals surface area contributed by atoms with Gasteiger partial charge in [-0.25, -0.2) is 0 Å². The average Bonchev–Trinajstić information content (AvgIpc) is 2.89. The fourth-order valence-corrected chi connectivity index (χ4v) is 4.26. The summed E-state index contributed by atoms with van der Waals surface area (Å²) in [7, 11) is 0. The molecule has 0 unspecified atom stereocenters. The molecule has 2 aliphatic carbocycles. The van der Waals surface area contributed by atoms with Gasteiger partial charge in [-0.15, -0.1) is 0 Å². The molecule has 2 heterocycles. The van der Waals surface area contributed by atoms with Gasteiger partial charge in [0.2, 0.25) is 11.8 Å². The number of hydrogen-bond acceptors (Lipinski definition) is 4. The highest BCUT2D eigenvalue weighted by Crippen LogP contribution is 2.36. The molecule has 128 valence electrons. The number of nitrogens with zero attached hydrogens (tertiary/aromatic N) is 1. The van der Waals surface area contributed by atoms with Gasteiger partial charge in [0.25, 0.3) is 0 Å². The van der Waals surface area contributed by atoms with Gasteiger partial charge in [0, 0.05) is 18.5 Å². The van der Waals surface area contributed by atoms with E-state index in [1.165, 1.54) is 6.42 Å². The lowest BCUT2D eigenvalue weighted by Crippen LogP contribution is -2.53. The van der Waals surface area contributed by atoms with Gasteiger partial charge in [-0.2, -0.15) is 0 Å². The van der Waals surface area contributed by atoms with Gasteiger partial charge in [0.05, 0.1) is 18.2 Å². The van der Waals surface area contributed by atoms with Crippen LogP contribution >= 0.6 is 0 Å². The summed E-state index contributed by atoms with van der Waals surface area (Å²) >= 11 is 0. The first kappa shape index (κ1) is 15.4. The van der Waals surface area contributed by atoms with Crippen LogP contribution in [0.5, 0.6) is 0 Å². The number of hydrogen-bond donors (Lipinski definition) is 2. The van der Waals surface area contributed by atoms with Crippen molar-refractivity contribution in [2.24, 2.45) is 5.92 Å². The Labute approximate surface area is 136 Å². The molecule has 23 heavy (non-hydrogen) atoms. The van der Waals surface area contributed by atoms with Crippen LogP contribution in [0.3, 0.4) is 0 Å². The zero-order chi connectivity index (χ0) is 16.0. The Morgan fingerprint density at radius 1 is 1.09 bits per heavy atom. The largest absolute Gasteiger partial charge is 0.393 e. The molecular weight excluding hydrogens is 296 g/mol. The van der Waals surface area contributed by atoms with E-state index in [0.29, 0.717) is 25.3 Å². The first-order valence-electron chi connectivity index (χ1n) is 9.06. The van der Waals surface area contributed by atoms with Crippen LogP contribution in [-0.2, 0) is 14.3 Å². The van der Waals surface area contributed by atoms with Gasteiger partial charge in [-0.3, -0.25) is 9.59 Å². The van der Waals surface area contributed by atoms with Crippen molar-refractivity contribution in [3.63, 3.8) is 0 Å². The number of ether oxygens (including phenoxy) is 1. The Bertz CT molecular complexity index is 487. The standard InChI is InChI=1S/C17H26N2O4/c20-12-8-10(9-12)17(22)19-7-6-14-13(19)4-5-15(23-14)16(21)18-11-2-1-3-11/h10-15,20H,1-9H2,(H,18,21)/t10?,12?,13-,14-,15+/m1/s1. The van der Waals surface area contributed by atoms with Crippen molar-refractivity contribution >= 4 is 11.8 Å². The van der Waals surface area contributed by atoms with E-state index in [-0.39, 0.29) is 42.1 Å². The molecule has 6 heteroatoms. The maximum atomic E-state index is 12.5. The van der Waals surface area contributed by atoms with Crippen molar-refractivity contribution < 1.29 is 19.4 Å². The Kier molecular flexibility index (Phi) is 4.05. The van der Waals surface area contributed by atoms with E-state index < -0.39 is 0 Å². The molecule has 2 saturated heterocycles. The molecule has 6 nitrogen and oxygen atoms in total. The van der Waals surface area contributed by atoms with Crippen LogP contribution in [-0.4, -0.2) is 58.8 Å². The Morgan fingerprint density at radius 2 is 1.87 bits per heavy atom. The summed E-state index contributed by atoms with van der Waals surface area (Å²) in [4.78, 5) is 26.7. The number of fused-ring (bicyclic) bond motifs is 1. The molecule has 4 aliphatic rings. The zero-order valence-corrected chi connectivity index (χ0v) is 13.4. The van der Waals surface area contributed by atoms with E-state index in [1.807, 2.05) is 4.90 Å². The van der Waals surface area contributed by atoms with Crippen molar-refractivity contribution in [1.82, 2.24) is 10.2 Å². The van der Waals surface area contributed by atoms with Gasteiger partial charge < -0.3 is 20.1 Å². The van der Waals surface area contributed by atoms with E-state index in [1.54, 1.807) is 0 Å². The molecule has 0 aromatic rings. The second-order valence-electron chi connectivity index (χ2n) is 7.59. The topological polar surface area (TPSA) is 78.9 Å². The van der Waals surface area contributed by atoms with Crippen LogP contribution in [0.1, 0.15) is 51.4 Å². The zero-order valence-electron chi connectivity index (χ0n) is 13.4. The van der Waals surface area contributed by atoms with E-state index in [4.69, 9.17) is 4.74 Å². The fraction of sp³-hybridized carbons (Fsp3) is 0.882. The SMILES string of the molecule is O=C(NC1CCC1)[C@@H]1CC[C@@H]2[C@@H](CCN2C(=O)C2CC(O)C2)O1. The van der Waals surface area contributed by atoms with Gasteiger partial charge in [-0.05, 0) is 51.4 Å². The summed E-state index contributed by atoms with van der Waals surface area (Å²) in [5.74, 6) is 0.187. The van der Waals surface area contributed by atoms with Gasteiger partial charge >= 0.3 is 0 Å². The predicted octanol–water partition coefficient (Wildman–Crippen LogP) is 0.574. The lowest BCUT2D eigenvalue weighted by molar-refractivity contribution is -0.152. The van der Waals surface area contributed by atoms with Crippen molar-refractivity contribution in [3.8, 4) is 0 Å². The summed E-state index contributed by atoms with van der Waals surface area (Å²) in [6, 6.07) is 0.462. The average molecular weight is 322 g/mol. The highest BCUT2D eigenvalue weighted by Gasteiger charge is 2.46. The number of nitrogens with one attached hydrogen (secondary N) is 1. The third kappa shape index (κ3) is 2.87. The number of carbonyl (C=O) groups is 2. The second kappa shape index (κ2) is 6.06. The molecule has 0 aromatic carbocycles. The van der Waals surface area contributed by atoms with Crippen molar-refractivity contribution in [1.29, 1.82) is 0 Å². The number of amides is 2. The minimum atomic E-state index is -0.350. The summed E-state index contributed by atoms with van der Waals surface area (Å²) in [6.07, 6.45) is 6.26. The van der Waals surface area contributed by atoms with E-state index in [0.717, 1.165) is 32.2 Å². The fourth-order valence-electron chi connectivity index (χ4n) is 4.26. The molecule has 0 aromatic heterocycles. The Morgan fingerprint density at radius 3 is 2.52 bits per heavy atom. The molecule has 3 atom stereocenters. The lowest BCUT2D eigenvalue weighted by Gasteiger charge is -2.39. The molecule has 0 bridgehead atoms. The minimum absolute atomic E-state index is 0.00478. The summed E-state index contributed by atoms with van der Waals surface area (Å²) < 4.78 is 6.02. The third-order valence-electron chi connectivity index (χ3n) is 6.04. The second-order valence-corrected chi connectivity index (χ2v) is 7.59. The summed E-state index contributed by atoms with van der Waals surface area (Å²) in [6.45, 7) is 0.720. The number of aliphatic hydroxyl groups excluding tert-OH is 1. The minimum Gasteiger partial charge on any atom is -0.393 e. The highest BCUT2D eigenvalue weighted by molar-refractivity contribution is 5.82. The van der Waals surface area contributed by atoms with Gasteiger partial charge in [0.1, 0.15) is 6.10 Å². The number of carbonyl (C=O) groups excluding carboxylic acids is 2. The molecule has 2 N–H and O–H groups in total. The molecule has 4 rings (SSSR count). The van der Waals surface area contributed by atoms with E-state index in [2.05, 4.69) is 5.32 Å². The van der Waals surface area contributed by atoms with Crippen LogP contribution < -0.4 is 5.32 Å². The van der Waals surface area contributed by atoms with Crippen molar-refractivity contribution in [2.75, 3.05) is 6.54 Å². The monoisotopic (exact) mass is 322 g/mol. The van der Waals surface area contributed by atoms with Crippen molar-refractivity contribution in [2.45, 2.75) is 81.8 Å². The maximum absolute atomic E-state index is 12.5. The van der Waals surface area contributed by atoms with Crippen molar-refractivity contribution in [3.05, 3.63) is 0 Å². The van der Waals surface area contributed by atoms with Gasteiger partial charge in [0.15, 0.2) is 0 Å². The summed E-state index contributed by atoms with van der Waals surface area (Å²) in [5, 5.41) is 12.5. The predicted molar refractivity (Wildman–Crippen MR) is 82.5 cm³/mol. The summed E-state index contributed by atoms with van der Waals surface area (Å²) in [5.41, 5.74) is 0. The number of rotatable bonds is 3. The van der Waals surface area contributed by atoms with Gasteiger partial charge in [-0.1, -0.05) is 0 Å². The molecule has 2 saturated carbocycles. The molecule has 4 fully saturated rings. The lowest BCUT2D eigenvalue weighted by atomic mass is 9.81. The molecular formula is C17H26N2O4. The Balaban J connectivity index is 1.31. The van der Waals surface area contributed by atoms with Crippen LogP contribution in [0, 0.1) is 5.92 Å². The number of likely N-dealkylation sites (tertiary alicyclic amines) is 1. The highest BCUT2D eigenvalue weighted by atomic mass is 16.5. The maximum Gasteiger partial charge on any atom is 0.249 e. The van der Waals surface area contributed by atoms with E-state index in [9.17, 15) is 14.7 Å². The molecule has 0 radical (unpaired) electrons. The van der Waals surface area contributed by atoms with Crippen LogP contribution in [0.2, 0.25) is 0 Å². The van der Waals surface area contributed by atoms with Crippen LogP contribution in [0.25, 0.3) is 0 Å². The molecule has 0 spiro atoms. The molecule has 2 amide bonds. The third-order valence-corrected chi connectivity index (χ3v) is 6.04.